The summed E-state index contributed by atoms with van der Waals surface area (Å²) >= 11 is 1.43. The number of H-pyrrole nitrogens is 1. The normalized spacial score (nSPS) is 19.9. The maximum atomic E-state index is 13.1. The summed E-state index contributed by atoms with van der Waals surface area (Å²) in [5.74, 6) is 0.0876. The molecule has 0 radical (unpaired) electrons. The van der Waals surface area contributed by atoms with E-state index in [4.69, 9.17) is 4.74 Å². The quantitative estimate of drug-likeness (QED) is 0.642. The highest BCUT2D eigenvalue weighted by Crippen LogP contribution is 2.33. The van der Waals surface area contributed by atoms with E-state index in [0.717, 1.165) is 33.1 Å². The van der Waals surface area contributed by atoms with E-state index < -0.39 is 10.0 Å². The first-order chi connectivity index (χ1) is 13.4. The zero-order chi connectivity index (χ0) is 19.7. The molecule has 2 atom stereocenters. The Balaban J connectivity index is 1.53. The molecule has 0 amide bonds. The van der Waals surface area contributed by atoms with Crippen LogP contribution in [0.5, 0.6) is 0 Å². The molecule has 9 heteroatoms. The van der Waals surface area contributed by atoms with Crippen molar-refractivity contribution < 1.29 is 13.2 Å². The molecule has 0 aliphatic carbocycles. The second kappa shape index (κ2) is 7.75. The molecule has 0 spiro atoms. The lowest BCUT2D eigenvalue weighted by molar-refractivity contribution is 0.183. The van der Waals surface area contributed by atoms with Gasteiger partial charge in [-0.05, 0) is 50.1 Å². The zero-order valence-electron chi connectivity index (χ0n) is 15.7. The van der Waals surface area contributed by atoms with E-state index in [2.05, 4.69) is 19.9 Å². The van der Waals surface area contributed by atoms with Crippen molar-refractivity contribution in [2.45, 2.75) is 31.2 Å². The number of thiophene rings is 1. The molecular formula is C19H22N4O3S2. The number of sulfonamides is 1. The molecule has 2 N–H and O–H groups in total. The predicted octanol–water partition coefficient (Wildman–Crippen LogP) is 2.69. The fraction of sp³-hybridized carbons (Fsp3) is 0.368. The number of aromatic amines is 1. The topological polar surface area (TPSA) is 97.0 Å². The van der Waals surface area contributed by atoms with E-state index in [1.54, 1.807) is 18.5 Å². The van der Waals surface area contributed by atoms with E-state index in [0.29, 0.717) is 18.1 Å². The molecule has 3 aromatic heterocycles. The second-order valence-corrected chi connectivity index (χ2v) is 9.99. The van der Waals surface area contributed by atoms with Crippen LogP contribution in [-0.2, 0) is 21.2 Å². The number of nitrogens with zero attached hydrogens (tertiary/aromatic N) is 2. The minimum atomic E-state index is -3.65. The van der Waals surface area contributed by atoms with Crippen LogP contribution >= 0.6 is 11.3 Å². The standard InChI is InChI=1S/C19H22N4O3S2/c1-12-7-16(22-21-12)18-9-19(13(2)27-18)28(24,25)23-17-11-26-10-15(17)8-14-3-5-20-6-4-14/h3-7,9,15,17,23H,8,10-11H2,1-2H3,(H,21,22)/t15-,17+/m1/s1. The van der Waals surface area contributed by atoms with Gasteiger partial charge in [0, 0.05) is 28.9 Å². The Kier molecular flexibility index (Phi) is 5.33. The molecule has 7 nitrogen and oxygen atoms in total. The van der Waals surface area contributed by atoms with Gasteiger partial charge in [-0.3, -0.25) is 10.1 Å². The van der Waals surface area contributed by atoms with Crippen LogP contribution in [0.3, 0.4) is 0 Å². The average Bonchev–Trinajstić information content (AvgIpc) is 3.37. The molecule has 28 heavy (non-hydrogen) atoms. The smallest absolute Gasteiger partial charge is 0.242 e. The Hall–Kier alpha value is -2.07. The lowest BCUT2D eigenvalue weighted by atomic mass is 9.96. The van der Waals surface area contributed by atoms with Crippen molar-refractivity contribution in [3.63, 3.8) is 0 Å². The Bertz CT molecular complexity index is 1060. The fourth-order valence-electron chi connectivity index (χ4n) is 3.42. The highest BCUT2D eigenvalue weighted by molar-refractivity contribution is 7.89. The lowest BCUT2D eigenvalue weighted by Gasteiger charge is -2.19. The first-order valence-corrected chi connectivity index (χ1v) is 11.3. The number of ether oxygens (including phenoxy) is 1. The van der Waals surface area contributed by atoms with E-state index in [1.807, 2.05) is 32.0 Å². The van der Waals surface area contributed by atoms with Crippen LogP contribution in [0.1, 0.15) is 16.1 Å². The maximum Gasteiger partial charge on any atom is 0.242 e. The molecule has 1 saturated heterocycles. The third kappa shape index (κ3) is 4.02. The van der Waals surface area contributed by atoms with Gasteiger partial charge in [0.15, 0.2) is 0 Å². The van der Waals surface area contributed by atoms with Gasteiger partial charge in [-0.15, -0.1) is 11.3 Å². The van der Waals surface area contributed by atoms with Crippen LogP contribution in [0.15, 0.2) is 41.6 Å². The van der Waals surface area contributed by atoms with Crippen LogP contribution in [0.2, 0.25) is 0 Å². The van der Waals surface area contributed by atoms with Crippen LogP contribution in [0.25, 0.3) is 10.6 Å². The third-order valence-electron chi connectivity index (χ3n) is 4.87. The van der Waals surface area contributed by atoms with Gasteiger partial charge >= 0.3 is 0 Å². The van der Waals surface area contributed by atoms with Crippen LogP contribution in [-0.4, -0.2) is 42.9 Å². The molecule has 1 aliphatic heterocycles. The van der Waals surface area contributed by atoms with Crippen molar-refractivity contribution in [2.24, 2.45) is 5.92 Å². The number of nitrogens with one attached hydrogen (secondary N) is 2. The fourth-order valence-corrected chi connectivity index (χ4v) is 6.26. The number of aryl methyl sites for hydroxylation is 2. The molecule has 0 aromatic carbocycles. The highest BCUT2D eigenvalue weighted by Gasteiger charge is 2.33. The molecule has 1 fully saturated rings. The lowest BCUT2D eigenvalue weighted by Crippen LogP contribution is -2.40. The summed E-state index contributed by atoms with van der Waals surface area (Å²) in [6.45, 7) is 4.65. The van der Waals surface area contributed by atoms with Crippen LogP contribution in [0.4, 0.5) is 0 Å². The summed E-state index contributed by atoms with van der Waals surface area (Å²) in [4.78, 5) is 5.91. The Morgan fingerprint density at radius 2 is 2.04 bits per heavy atom. The number of hydrogen-bond acceptors (Lipinski definition) is 6. The number of rotatable bonds is 6. The minimum Gasteiger partial charge on any atom is -0.379 e. The van der Waals surface area contributed by atoms with Crippen molar-refractivity contribution in [1.82, 2.24) is 19.9 Å². The van der Waals surface area contributed by atoms with E-state index >= 15 is 0 Å². The molecule has 3 aromatic rings. The monoisotopic (exact) mass is 418 g/mol. The highest BCUT2D eigenvalue weighted by atomic mass is 32.2. The number of hydrogen-bond donors (Lipinski definition) is 2. The zero-order valence-corrected chi connectivity index (χ0v) is 17.3. The molecule has 148 valence electrons. The Morgan fingerprint density at radius 3 is 2.75 bits per heavy atom. The summed E-state index contributed by atoms with van der Waals surface area (Å²) < 4.78 is 34.6. The molecule has 0 bridgehead atoms. The summed E-state index contributed by atoms with van der Waals surface area (Å²) in [6, 6.07) is 7.25. The molecular weight excluding hydrogens is 396 g/mol. The number of pyridine rings is 1. The van der Waals surface area contributed by atoms with Crippen molar-refractivity contribution >= 4 is 21.4 Å². The second-order valence-electron chi connectivity index (χ2n) is 7.05. The largest absolute Gasteiger partial charge is 0.379 e. The van der Waals surface area contributed by atoms with E-state index in [1.165, 1.54) is 11.3 Å². The van der Waals surface area contributed by atoms with Gasteiger partial charge in [0.2, 0.25) is 10.0 Å². The molecule has 0 unspecified atom stereocenters. The molecule has 4 rings (SSSR count). The van der Waals surface area contributed by atoms with Gasteiger partial charge in [-0.2, -0.15) is 5.10 Å². The molecule has 0 saturated carbocycles. The predicted molar refractivity (Wildman–Crippen MR) is 108 cm³/mol. The van der Waals surface area contributed by atoms with Gasteiger partial charge < -0.3 is 4.74 Å². The Morgan fingerprint density at radius 1 is 1.25 bits per heavy atom. The maximum absolute atomic E-state index is 13.1. The summed E-state index contributed by atoms with van der Waals surface area (Å²) in [5, 5.41) is 7.12. The van der Waals surface area contributed by atoms with Gasteiger partial charge in [-0.25, -0.2) is 13.1 Å². The van der Waals surface area contributed by atoms with Crippen molar-refractivity contribution in [2.75, 3.05) is 13.2 Å². The third-order valence-corrected chi connectivity index (χ3v) is 7.69. The summed E-state index contributed by atoms with van der Waals surface area (Å²) in [5.41, 5.74) is 2.81. The van der Waals surface area contributed by atoms with Gasteiger partial charge in [0.05, 0.1) is 29.0 Å². The van der Waals surface area contributed by atoms with Crippen molar-refractivity contribution in [3.05, 3.63) is 52.8 Å². The number of aromatic nitrogens is 3. The first-order valence-electron chi connectivity index (χ1n) is 9.04. The summed E-state index contributed by atoms with van der Waals surface area (Å²) in [7, 11) is -3.65. The van der Waals surface area contributed by atoms with Gasteiger partial charge in [0.1, 0.15) is 5.69 Å². The minimum absolute atomic E-state index is 0.0876. The van der Waals surface area contributed by atoms with E-state index in [9.17, 15) is 8.42 Å². The SMILES string of the molecule is Cc1cc(-c2cc(S(=O)(=O)N[C@H]3COC[C@H]3Cc3ccncc3)c(C)s2)n[nH]1. The van der Waals surface area contributed by atoms with Crippen molar-refractivity contribution in [3.8, 4) is 10.6 Å². The van der Waals surface area contributed by atoms with Gasteiger partial charge in [0.25, 0.3) is 0 Å². The molecule has 1 aliphatic rings. The van der Waals surface area contributed by atoms with Crippen molar-refractivity contribution in [1.29, 1.82) is 0 Å². The summed E-state index contributed by atoms with van der Waals surface area (Å²) in [6.07, 6.45) is 4.24. The van der Waals surface area contributed by atoms with Crippen LogP contribution in [0, 0.1) is 19.8 Å². The first kappa shape index (κ1) is 19.3. The Labute approximate surface area is 168 Å². The molecule has 4 heterocycles. The van der Waals surface area contributed by atoms with E-state index in [-0.39, 0.29) is 12.0 Å². The van der Waals surface area contributed by atoms with Crippen LogP contribution < -0.4 is 4.72 Å². The van der Waals surface area contributed by atoms with Gasteiger partial charge in [-0.1, -0.05) is 0 Å². The average molecular weight is 419 g/mol.